The zero-order valence-corrected chi connectivity index (χ0v) is 16.8. The van der Waals surface area contributed by atoms with E-state index in [0.717, 1.165) is 44.0 Å². The number of likely N-dealkylation sites (N-methyl/N-ethyl adjacent to an activating group) is 1. The third-order valence-electron chi connectivity index (χ3n) is 4.93. The molecule has 148 valence electrons. The van der Waals surface area contributed by atoms with Crippen LogP contribution in [0.2, 0.25) is 0 Å². The predicted molar refractivity (Wildman–Crippen MR) is 112 cm³/mol. The number of guanidine groups is 1. The molecule has 0 atom stereocenters. The maximum atomic E-state index is 12.8. The van der Waals surface area contributed by atoms with E-state index in [4.69, 9.17) is 9.73 Å². The molecule has 1 saturated heterocycles. The fourth-order valence-corrected chi connectivity index (χ4v) is 3.08. The Labute approximate surface area is 166 Å². The van der Waals surface area contributed by atoms with Crippen molar-refractivity contribution in [1.29, 1.82) is 0 Å². The molecule has 1 amide bonds. The van der Waals surface area contributed by atoms with E-state index in [0.29, 0.717) is 11.5 Å². The van der Waals surface area contributed by atoms with Crippen LogP contribution in [0.1, 0.15) is 22.8 Å². The molecule has 6 nitrogen and oxygen atoms in total. The molecule has 1 heterocycles. The lowest BCUT2D eigenvalue weighted by Gasteiger charge is -2.34. The van der Waals surface area contributed by atoms with Gasteiger partial charge in [0.25, 0.3) is 5.91 Å². The number of piperazine rings is 1. The van der Waals surface area contributed by atoms with E-state index in [2.05, 4.69) is 41.2 Å². The van der Waals surface area contributed by atoms with Crippen molar-refractivity contribution in [2.24, 2.45) is 4.99 Å². The molecule has 0 unspecified atom stereocenters. The minimum absolute atomic E-state index is 0.174. The molecule has 0 aromatic heterocycles. The van der Waals surface area contributed by atoms with Crippen LogP contribution in [-0.4, -0.2) is 62.0 Å². The van der Waals surface area contributed by atoms with E-state index in [-0.39, 0.29) is 5.91 Å². The van der Waals surface area contributed by atoms with Crippen LogP contribution in [0.25, 0.3) is 0 Å². The second-order valence-electron chi connectivity index (χ2n) is 6.93. The molecule has 2 aromatic rings. The number of rotatable bonds is 4. The van der Waals surface area contributed by atoms with Crippen LogP contribution in [0.5, 0.6) is 5.75 Å². The van der Waals surface area contributed by atoms with E-state index in [1.807, 2.05) is 12.1 Å². The van der Waals surface area contributed by atoms with Crippen LogP contribution in [0.15, 0.2) is 53.5 Å². The van der Waals surface area contributed by atoms with Crippen molar-refractivity contribution < 1.29 is 9.53 Å². The summed E-state index contributed by atoms with van der Waals surface area (Å²) in [7, 11) is 3.71. The minimum Gasteiger partial charge on any atom is -0.497 e. The maximum absolute atomic E-state index is 12.8. The second kappa shape index (κ2) is 9.37. The zero-order valence-electron chi connectivity index (χ0n) is 16.8. The molecule has 6 heteroatoms. The zero-order chi connectivity index (χ0) is 19.9. The molecule has 0 radical (unpaired) electrons. The lowest BCUT2D eigenvalue weighted by Crippen LogP contribution is -2.52. The Balaban J connectivity index is 1.84. The first kappa shape index (κ1) is 19.9. The molecule has 0 saturated carbocycles. The number of nitrogens with one attached hydrogen (secondary N) is 1. The Morgan fingerprint density at radius 1 is 1.11 bits per heavy atom. The van der Waals surface area contributed by atoms with Crippen molar-refractivity contribution in [3.8, 4) is 5.75 Å². The summed E-state index contributed by atoms with van der Waals surface area (Å²) in [6.45, 7) is 5.64. The van der Waals surface area contributed by atoms with Gasteiger partial charge in [-0.2, -0.15) is 0 Å². The van der Waals surface area contributed by atoms with Gasteiger partial charge in [-0.1, -0.05) is 19.1 Å². The first-order valence-corrected chi connectivity index (χ1v) is 9.65. The monoisotopic (exact) mass is 380 g/mol. The van der Waals surface area contributed by atoms with Crippen LogP contribution in [0.3, 0.4) is 0 Å². The van der Waals surface area contributed by atoms with Crippen LogP contribution in [0.4, 0.5) is 5.69 Å². The molecule has 0 bridgehead atoms. The van der Waals surface area contributed by atoms with Gasteiger partial charge in [0.15, 0.2) is 0 Å². The van der Waals surface area contributed by atoms with Gasteiger partial charge in [0, 0.05) is 31.7 Å². The van der Waals surface area contributed by atoms with Crippen molar-refractivity contribution in [3.63, 3.8) is 0 Å². The average Bonchev–Trinajstić information content (AvgIpc) is 2.74. The van der Waals surface area contributed by atoms with Crippen molar-refractivity contribution in [1.82, 2.24) is 15.1 Å². The summed E-state index contributed by atoms with van der Waals surface area (Å²) in [6, 6.07) is 15.2. The molecule has 0 aliphatic carbocycles. The lowest BCUT2D eigenvalue weighted by atomic mass is 10.1. The summed E-state index contributed by atoms with van der Waals surface area (Å²) < 4.78 is 5.17. The van der Waals surface area contributed by atoms with Crippen molar-refractivity contribution in [2.75, 3.05) is 40.3 Å². The molecule has 3 rings (SSSR count). The van der Waals surface area contributed by atoms with Crippen LogP contribution in [-0.2, 0) is 6.42 Å². The van der Waals surface area contributed by atoms with Gasteiger partial charge in [0.2, 0.25) is 5.96 Å². The van der Waals surface area contributed by atoms with E-state index in [1.54, 1.807) is 31.4 Å². The van der Waals surface area contributed by atoms with Crippen molar-refractivity contribution in [2.45, 2.75) is 13.3 Å². The number of ether oxygens (including phenoxy) is 1. The molecule has 0 spiro atoms. The predicted octanol–water partition coefficient (Wildman–Crippen LogP) is 2.92. The first-order valence-electron chi connectivity index (χ1n) is 9.65. The number of carbonyl (C=O) groups excluding carboxylic acids is 1. The number of hydrogen-bond donors (Lipinski definition) is 1. The Bertz CT molecular complexity index is 825. The summed E-state index contributed by atoms with van der Waals surface area (Å²) in [5.41, 5.74) is 2.65. The highest BCUT2D eigenvalue weighted by molar-refractivity contribution is 6.06. The Hall–Kier alpha value is -2.86. The molecule has 2 aromatic carbocycles. The third kappa shape index (κ3) is 5.10. The minimum atomic E-state index is -0.174. The van der Waals surface area contributed by atoms with Crippen molar-refractivity contribution in [3.05, 3.63) is 59.7 Å². The van der Waals surface area contributed by atoms with Crippen LogP contribution < -0.4 is 10.1 Å². The van der Waals surface area contributed by atoms with Crippen LogP contribution in [0, 0.1) is 0 Å². The SMILES string of the molecule is CCc1cccc(N=C(NC(=O)c2ccc(OC)cc2)N2CCN(C)CC2)c1. The lowest BCUT2D eigenvalue weighted by molar-refractivity contribution is 0.0969. The van der Waals surface area contributed by atoms with E-state index in [1.165, 1.54) is 5.56 Å². The average molecular weight is 380 g/mol. The van der Waals surface area contributed by atoms with E-state index < -0.39 is 0 Å². The van der Waals surface area contributed by atoms with E-state index in [9.17, 15) is 4.79 Å². The number of amides is 1. The molecular weight excluding hydrogens is 352 g/mol. The molecular formula is C22H28N4O2. The molecule has 1 aliphatic heterocycles. The maximum Gasteiger partial charge on any atom is 0.257 e. The molecule has 1 N–H and O–H groups in total. The molecule has 1 aliphatic rings. The molecule has 1 fully saturated rings. The normalized spacial score (nSPS) is 15.4. The number of aliphatic imine (C=N–C) groups is 1. The number of benzene rings is 2. The number of nitrogens with zero attached hydrogens (tertiary/aromatic N) is 3. The quantitative estimate of drug-likeness (QED) is 0.655. The second-order valence-corrected chi connectivity index (χ2v) is 6.93. The fourth-order valence-electron chi connectivity index (χ4n) is 3.08. The summed E-state index contributed by atoms with van der Waals surface area (Å²) in [6.07, 6.45) is 0.950. The summed E-state index contributed by atoms with van der Waals surface area (Å²) >= 11 is 0. The van der Waals surface area contributed by atoms with E-state index >= 15 is 0 Å². The van der Waals surface area contributed by atoms with Gasteiger partial charge in [-0.05, 0) is 55.4 Å². The first-order chi connectivity index (χ1) is 13.6. The fraction of sp³-hybridized carbons (Fsp3) is 0.364. The van der Waals surface area contributed by atoms with Gasteiger partial charge >= 0.3 is 0 Å². The standard InChI is InChI=1S/C22H28N4O2/c1-4-17-6-5-7-19(16-17)23-22(26-14-12-25(2)13-15-26)24-21(27)18-8-10-20(28-3)11-9-18/h5-11,16H,4,12-15H2,1-3H3,(H,23,24,27). The van der Waals surface area contributed by atoms with Crippen LogP contribution >= 0.6 is 0 Å². The number of carbonyl (C=O) groups is 1. The highest BCUT2D eigenvalue weighted by Gasteiger charge is 2.20. The topological polar surface area (TPSA) is 57.2 Å². The highest BCUT2D eigenvalue weighted by Crippen LogP contribution is 2.16. The van der Waals surface area contributed by atoms with Gasteiger partial charge in [-0.3, -0.25) is 10.1 Å². The number of hydrogen-bond acceptors (Lipinski definition) is 4. The van der Waals surface area contributed by atoms with Crippen molar-refractivity contribution >= 4 is 17.6 Å². The third-order valence-corrected chi connectivity index (χ3v) is 4.93. The van der Waals surface area contributed by atoms with Gasteiger partial charge < -0.3 is 14.5 Å². The Kier molecular flexibility index (Phi) is 6.66. The summed E-state index contributed by atoms with van der Waals surface area (Å²) in [5, 5.41) is 3.02. The Morgan fingerprint density at radius 3 is 2.46 bits per heavy atom. The summed E-state index contributed by atoms with van der Waals surface area (Å²) in [5.74, 6) is 1.15. The Morgan fingerprint density at radius 2 is 1.82 bits per heavy atom. The highest BCUT2D eigenvalue weighted by atomic mass is 16.5. The summed E-state index contributed by atoms with van der Waals surface area (Å²) in [4.78, 5) is 22.0. The van der Waals surface area contributed by atoms with Gasteiger partial charge in [0.1, 0.15) is 5.75 Å². The van der Waals surface area contributed by atoms with Gasteiger partial charge in [-0.25, -0.2) is 4.99 Å². The van der Waals surface area contributed by atoms with Gasteiger partial charge in [0.05, 0.1) is 12.8 Å². The smallest absolute Gasteiger partial charge is 0.257 e. The van der Waals surface area contributed by atoms with Gasteiger partial charge in [-0.15, -0.1) is 0 Å². The number of aryl methyl sites for hydroxylation is 1. The largest absolute Gasteiger partial charge is 0.497 e. The molecule has 28 heavy (non-hydrogen) atoms. The number of methoxy groups -OCH3 is 1.